The largest absolute Gasteiger partial charge is 0.349 e. The maximum Gasteiger partial charge on any atom is 0.137 e. The van der Waals surface area contributed by atoms with Gasteiger partial charge in [0.05, 0.1) is 44.8 Å². The molecule has 0 N–H and O–H groups in total. The van der Waals surface area contributed by atoms with Crippen LogP contribution in [-0.4, -0.2) is 30.6 Å². The first-order valence-electron chi connectivity index (χ1n) is 17.8. The molecule has 0 saturated carbocycles. The second-order valence-electron chi connectivity index (χ2n) is 13.7. The third-order valence-electron chi connectivity index (χ3n) is 10.9. The van der Waals surface area contributed by atoms with Gasteiger partial charge in [-0.15, -0.1) is 0 Å². The zero-order valence-electron chi connectivity index (χ0n) is 28.6. The van der Waals surface area contributed by atoms with Gasteiger partial charge in [0.1, 0.15) is 11.6 Å². The monoisotopic (exact) mass is 667 g/mol. The van der Waals surface area contributed by atoms with Crippen molar-refractivity contribution in [2.75, 3.05) is 7.05 Å². The topological polar surface area (TPSA) is 30.9 Å². The van der Waals surface area contributed by atoms with E-state index in [-0.39, 0.29) is 6.04 Å². The van der Waals surface area contributed by atoms with Crippen molar-refractivity contribution in [1.29, 1.82) is 0 Å². The zero-order valence-corrected chi connectivity index (χ0v) is 28.6. The Bertz CT molecular complexity index is 3050. The summed E-state index contributed by atoms with van der Waals surface area (Å²) in [5, 5.41) is 7.51. The first-order valence-corrected chi connectivity index (χ1v) is 17.8. The van der Waals surface area contributed by atoms with E-state index in [4.69, 9.17) is 4.98 Å². The Labute approximate surface area is 300 Å². The van der Waals surface area contributed by atoms with Crippen LogP contribution in [0.15, 0.2) is 176 Å². The molecule has 1 atom stereocenters. The van der Waals surface area contributed by atoms with Gasteiger partial charge in [0.15, 0.2) is 0 Å². The highest BCUT2D eigenvalue weighted by atomic mass is 15.3. The lowest BCUT2D eigenvalue weighted by Crippen LogP contribution is -2.27. The van der Waals surface area contributed by atoms with Gasteiger partial charge in [-0.3, -0.25) is 9.13 Å². The molecule has 0 spiro atoms. The average molecular weight is 668 g/mol. The molecule has 11 rings (SSSR count). The standard InChI is InChI=1S/C47H33N5/c1-49-41(36-21-13-27-44(48-36)51-37-22-9-5-17-32(37)33-18-6-10-23-38(33)51)26-14-28-45(49)52-40-25-12-8-20-35(40)47-43(52)30-29-42-46(47)34-19-7-11-24-39(34)50(42)31-15-3-2-4-16-31/h2-30,41H,1H3. The first-order chi connectivity index (χ1) is 25.8. The van der Waals surface area contributed by atoms with Crippen LogP contribution in [0.25, 0.3) is 82.7 Å². The van der Waals surface area contributed by atoms with Crippen molar-refractivity contribution in [2.45, 2.75) is 6.04 Å². The molecular weight excluding hydrogens is 635 g/mol. The molecule has 1 unspecified atom stereocenters. The normalized spacial score (nSPS) is 14.8. The van der Waals surface area contributed by atoms with E-state index in [1.807, 2.05) is 0 Å². The molecule has 0 amide bonds. The van der Waals surface area contributed by atoms with Crippen LogP contribution in [0.1, 0.15) is 11.7 Å². The summed E-state index contributed by atoms with van der Waals surface area (Å²) in [5.74, 6) is 2.02. The summed E-state index contributed by atoms with van der Waals surface area (Å²) in [5.41, 5.74) is 9.26. The van der Waals surface area contributed by atoms with E-state index in [0.29, 0.717) is 0 Å². The molecule has 1 aliphatic rings. The van der Waals surface area contributed by atoms with Crippen molar-refractivity contribution in [2.24, 2.45) is 0 Å². The SMILES string of the molecule is CN1C(n2c3ccccc3c3c4c5ccccc5n(-c5ccccc5)c4ccc32)=CC=CC1c1cccc(-n2c3ccccc3c3ccccc32)n1. The maximum atomic E-state index is 5.37. The number of para-hydroxylation sites is 5. The number of fused-ring (bicyclic) bond motifs is 10. The number of nitrogens with zero attached hydrogens (tertiary/aromatic N) is 5. The maximum absolute atomic E-state index is 5.37. The van der Waals surface area contributed by atoms with Crippen LogP contribution in [0, 0.1) is 0 Å². The highest BCUT2D eigenvalue weighted by Crippen LogP contribution is 2.43. The fourth-order valence-electron chi connectivity index (χ4n) is 8.68. The summed E-state index contributed by atoms with van der Waals surface area (Å²) >= 11 is 0. The Balaban J connectivity index is 1.09. The summed E-state index contributed by atoms with van der Waals surface area (Å²) in [6.45, 7) is 0. The van der Waals surface area contributed by atoms with Gasteiger partial charge in [-0.05, 0) is 66.7 Å². The molecule has 0 bridgehead atoms. The van der Waals surface area contributed by atoms with Gasteiger partial charge in [0.2, 0.25) is 0 Å². The van der Waals surface area contributed by atoms with Crippen LogP contribution >= 0.6 is 0 Å². The van der Waals surface area contributed by atoms with Crippen molar-refractivity contribution >= 4 is 71.2 Å². The third-order valence-corrected chi connectivity index (χ3v) is 10.9. The predicted molar refractivity (Wildman–Crippen MR) is 216 cm³/mol. The van der Waals surface area contributed by atoms with Crippen molar-refractivity contribution in [3.8, 4) is 11.5 Å². The highest BCUT2D eigenvalue weighted by molar-refractivity contribution is 6.29. The fraction of sp³-hybridized carbons (Fsp3) is 0.0426. The summed E-state index contributed by atoms with van der Waals surface area (Å²) in [4.78, 5) is 7.73. The van der Waals surface area contributed by atoms with E-state index in [1.54, 1.807) is 0 Å². The molecule has 5 nitrogen and oxygen atoms in total. The van der Waals surface area contributed by atoms with Crippen LogP contribution < -0.4 is 0 Å². The van der Waals surface area contributed by atoms with E-state index in [2.05, 4.69) is 202 Å². The van der Waals surface area contributed by atoms with E-state index in [9.17, 15) is 0 Å². The summed E-state index contributed by atoms with van der Waals surface area (Å²) in [7, 11) is 2.19. The number of hydrogen-bond donors (Lipinski definition) is 0. The molecule has 4 aromatic heterocycles. The summed E-state index contributed by atoms with van der Waals surface area (Å²) < 4.78 is 7.13. The lowest BCUT2D eigenvalue weighted by atomic mass is 10.1. The zero-order chi connectivity index (χ0) is 34.3. The van der Waals surface area contributed by atoms with Gasteiger partial charge in [0.25, 0.3) is 0 Å². The van der Waals surface area contributed by atoms with Crippen LogP contribution in [-0.2, 0) is 0 Å². The average Bonchev–Trinajstić information content (AvgIpc) is 3.84. The van der Waals surface area contributed by atoms with Gasteiger partial charge in [-0.2, -0.15) is 0 Å². The molecule has 0 aliphatic carbocycles. The number of benzene rings is 6. The van der Waals surface area contributed by atoms with E-state index >= 15 is 0 Å². The molecule has 10 aromatic rings. The lowest BCUT2D eigenvalue weighted by Gasteiger charge is -2.33. The molecule has 52 heavy (non-hydrogen) atoms. The molecule has 5 heterocycles. The van der Waals surface area contributed by atoms with Crippen molar-refractivity contribution in [1.82, 2.24) is 23.6 Å². The van der Waals surface area contributed by atoms with Gasteiger partial charge in [-0.1, -0.05) is 109 Å². The Kier molecular flexibility index (Phi) is 6.16. The number of likely N-dealkylation sites (N-methyl/N-ethyl adjacent to an activating group) is 1. The molecule has 0 radical (unpaired) electrons. The number of rotatable bonds is 4. The quantitative estimate of drug-likeness (QED) is 0.187. The number of aromatic nitrogens is 4. The van der Waals surface area contributed by atoms with Crippen LogP contribution in [0.5, 0.6) is 0 Å². The van der Waals surface area contributed by atoms with Gasteiger partial charge < -0.3 is 9.47 Å². The Morgan fingerprint density at radius 1 is 0.442 bits per heavy atom. The molecule has 6 aromatic carbocycles. The minimum atomic E-state index is -0.0621. The first kappa shape index (κ1) is 28.9. The number of hydrogen-bond acceptors (Lipinski definition) is 2. The Hall–Kier alpha value is -6.85. The van der Waals surface area contributed by atoms with Crippen LogP contribution in [0.3, 0.4) is 0 Å². The molecule has 1 aliphatic heterocycles. The third kappa shape index (κ3) is 4.02. The van der Waals surface area contributed by atoms with Crippen LogP contribution in [0.2, 0.25) is 0 Å². The Morgan fingerprint density at radius 2 is 0.962 bits per heavy atom. The molecular formula is C47H33N5. The van der Waals surface area contributed by atoms with E-state index in [1.165, 1.54) is 54.4 Å². The smallest absolute Gasteiger partial charge is 0.137 e. The van der Waals surface area contributed by atoms with E-state index < -0.39 is 0 Å². The van der Waals surface area contributed by atoms with Crippen molar-refractivity contribution in [3.63, 3.8) is 0 Å². The second-order valence-corrected chi connectivity index (χ2v) is 13.7. The minimum Gasteiger partial charge on any atom is -0.349 e. The number of allylic oxidation sites excluding steroid dienone is 2. The highest BCUT2D eigenvalue weighted by Gasteiger charge is 2.27. The molecule has 0 saturated heterocycles. The van der Waals surface area contributed by atoms with E-state index in [0.717, 1.165) is 34.1 Å². The molecule has 0 fully saturated rings. The minimum absolute atomic E-state index is 0.0621. The molecule has 5 heteroatoms. The Morgan fingerprint density at radius 3 is 1.60 bits per heavy atom. The van der Waals surface area contributed by atoms with Gasteiger partial charge in [0, 0.05) is 45.1 Å². The summed E-state index contributed by atoms with van der Waals surface area (Å²) in [6.07, 6.45) is 6.67. The van der Waals surface area contributed by atoms with Crippen molar-refractivity contribution < 1.29 is 0 Å². The van der Waals surface area contributed by atoms with Crippen LogP contribution in [0.4, 0.5) is 0 Å². The summed E-state index contributed by atoms with van der Waals surface area (Å²) in [6, 6.07) is 56.5. The fourth-order valence-corrected chi connectivity index (χ4v) is 8.68. The molecule has 246 valence electrons. The predicted octanol–water partition coefficient (Wildman–Crippen LogP) is 11.4. The second kappa shape index (κ2) is 11.1. The van der Waals surface area contributed by atoms with Gasteiger partial charge in [-0.25, -0.2) is 4.98 Å². The van der Waals surface area contributed by atoms with Gasteiger partial charge >= 0.3 is 0 Å². The number of pyridine rings is 1. The van der Waals surface area contributed by atoms with Crippen molar-refractivity contribution in [3.05, 3.63) is 182 Å². The lowest BCUT2D eigenvalue weighted by molar-refractivity contribution is 0.388.